The van der Waals surface area contributed by atoms with Crippen LogP contribution in [0.25, 0.3) is 6.08 Å². The lowest BCUT2D eigenvalue weighted by molar-refractivity contribution is -0.122. The Morgan fingerprint density at radius 3 is 2.35 bits per heavy atom. The fraction of sp³-hybridized carbons (Fsp3) is 0.0625. The smallest absolute Gasteiger partial charge is 0.335 e. The molecule has 0 bridgehead atoms. The average Bonchev–Trinajstić information content (AvgIpc) is 3.00. The molecule has 1 fully saturated rings. The van der Waals surface area contributed by atoms with Crippen LogP contribution in [0.4, 0.5) is 20.6 Å². The first-order valence-corrected chi connectivity index (χ1v) is 13.3. The van der Waals surface area contributed by atoms with E-state index in [-0.39, 0.29) is 27.6 Å². The number of halogens is 2. The minimum Gasteiger partial charge on any atom is -0.489 e. The lowest BCUT2D eigenvalue weighted by atomic mass is 10.1. The minimum atomic E-state index is -0.912. The molecule has 0 unspecified atom stereocenters. The lowest BCUT2D eigenvalue weighted by Crippen LogP contribution is -2.54. The van der Waals surface area contributed by atoms with E-state index in [2.05, 4.69) is 10.6 Å². The molecule has 0 atom stereocenters. The third-order valence-corrected chi connectivity index (χ3v) is 6.44. The van der Waals surface area contributed by atoms with Gasteiger partial charge in [0.1, 0.15) is 29.5 Å². The molecular formula is C32H23ClFN3O6. The van der Waals surface area contributed by atoms with Gasteiger partial charge >= 0.3 is 6.03 Å². The quantitative estimate of drug-likeness (QED) is 0.187. The largest absolute Gasteiger partial charge is 0.489 e. The molecule has 0 aromatic heterocycles. The van der Waals surface area contributed by atoms with Gasteiger partial charge in [-0.25, -0.2) is 14.1 Å². The van der Waals surface area contributed by atoms with Crippen molar-refractivity contribution in [3.8, 4) is 11.5 Å². The molecule has 11 heteroatoms. The third kappa shape index (κ3) is 7.24. The first kappa shape index (κ1) is 29.0. The van der Waals surface area contributed by atoms with Crippen molar-refractivity contribution in [3.05, 3.63) is 125 Å². The SMILES string of the molecule is O=C(COc1ccc(Cl)cc1/C=C1/C(=O)NC(=O)N(c2ccc(OCc3ccccc3)cc2)C1=O)Nc1ccc(F)cc1. The highest BCUT2D eigenvalue weighted by atomic mass is 35.5. The highest BCUT2D eigenvalue weighted by Gasteiger charge is 2.37. The van der Waals surface area contributed by atoms with Crippen molar-refractivity contribution in [2.75, 3.05) is 16.8 Å². The first-order chi connectivity index (χ1) is 20.8. The molecule has 0 saturated carbocycles. The van der Waals surface area contributed by atoms with Gasteiger partial charge in [0.05, 0.1) is 5.69 Å². The summed E-state index contributed by atoms with van der Waals surface area (Å²) in [6.07, 6.45) is 1.23. The number of hydrogen-bond donors (Lipinski definition) is 2. The van der Waals surface area contributed by atoms with Gasteiger partial charge in [-0.3, -0.25) is 19.7 Å². The molecule has 1 saturated heterocycles. The fourth-order valence-electron chi connectivity index (χ4n) is 4.12. The number of nitrogens with zero attached hydrogens (tertiary/aromatic N) is 1. The zero-order chi connectivity index (χ0) is 30.3. The highest BCUT2D eigenvalue weighted by molar-refractivity contribution is 6.39. The number of ether oxygens (including phenoxy) is 2. The van der Waals surface area contributed by atoms with Crippen molar-refractivity contribution in [1.82, 2.24) is 5.32 Å². The number of amides is 5. The number of anilines is 2. The van der Waals surface area contributed by atoms with Gasteiger partial charge in [-0.2, -0.15) is 0 Å². The zero-order valence-electron chi connectivity index (χ0n) is 22.4. The van der Waals surface area contributed by atoms with Crippen LogP contribution < -0.4 is 25.0 Å². The summed E-state index contributed by atoms with van der Waals surface area (Å²) in [6.45, 7) is -0.0960. The molecule has 2 N–H and O–H groups in total. The standard InChI is InChI=1S/C32H23ClFN3O6/c33-22-6-15-28(43-19-29(38)35-24-9-7-23(34)8-10-24)21(16-22)17-27-30(39)36-32(41)37(31(27)40)25-11-13-26(14-12-25)42-18-20-4-2-1-3-5-20/h1-17H,18-19H2,(H,35,38)(H,36,39,41)/b27-17-. The van der Waals surface area contributed by atoms with E-state index in [0.717, 1.165) is 10.5 Å². The number of imide groups is 2. The second-order valence-electron chi connectivity index (χ2n) is 9.25. The second kappa shape index (κ2) is 13.0. The molecule has 4 aromatic carbocycles. The van der Waals surface area contributed by atoms with E-state index in [4.69, 9.17) is 21.1 Å². The maximum atomic E-state index is 13.4. The van der Waals surface area contributed by atoms with Crippen LogP contribution in [-0.4, -0.2) is 30.4 Å². The van der Waals surface area contributed by atoms with Gasteiger partial charge in [-0.05, 0) is 78.4 Å². The van der Waals surface area contributed by atoms with Gasteiger partial charge in [-0.1, -0.05) is 41.9 Å². The summed E-state index contributed by atoms with van der Waals surface area (Å²) in [6, 6.07) is 24.6. The van der Waals surface area contributed by atoms with E-state index in [9.17, 15) is 23.6 Å². The summed E-state index contributed by atoms with van der Waals surface area (Å²) in [7, 11) is 0. The predicted molar refractivity (Wildman–Crippen MR) is 158 cm³/mol. The van der Waals surface area contributed by atoms with Crippen LogP contribution in [0.3, 0.4) is 0 Å². The van der Waals surface area contributed by atoms with Gasteiger partial charge in [-0.15, -0.1) is 0 Å². The molecule has 5 rings (SSSR count). The highest BCUT2D eigenvalue weighted by Crippen LogP contribution is 2.29. The number of carbonyl (C=O) groups excluding carboxylic acids is 4. The van der Waals surface area contributed by atoms with E-state index in [0.29, 0.717) is 18.0 Å². The Morgan fingerprint density at radius 1 is 0.907 bits per heavy atom. The van der Waals surface area contributed by atoms with Crippen molar-refractivity contribution < 1.29 is 33.0 Å². The molecule has 216 valence electrons. The number of hydrogen-bond acceptors (Lipinski definition) is 6. The Bertz CT molecular complexity index is 1710. The van der Waals surface area contributed by atoms with Crippen LogP contribution in [0.2, 0.25) is 5.02 Å². The Balaban J connectivity index is 1.32. The number of rotatable bonds is 9. The summed E-state index contributed by atoms with van der Waals surface area (Å²) in [5.41, 5.74) is 1.43. The van der Waals surface area contributed by atoms with E-state index >= 15 is 0 Å². The van der Waals surface area contributed by atoms with Crippen LogP contribution in [-0.2, 0) is 21.0 Å². The first-order valence-electron chi connectivity index (χ1n) is 12.9. The van der Waals surface area contributed by atoms with Crippen LogP contribution >= 0.6 is 11.6 Å². The summed E-state index contributed by atoms with van der Waals surface area (Å²) < 4.78 is 24.5. The zero-order valence-corrected chi connectivity index (χ0v) is 23.1. The van der Waals surface area contributed by atoms with Crippen molar-refractivity contribution in [1.29, 1.82) is 0 Å². The summed E-state index contributed by atoms with van der Waals surface area (Å²) >= 11 is 6.16. The molecule has 5 amide bonds. The Hall–Kier alpha value is -5.48. The summed E-state index contributed by atoms with van der Waals surface area (Å²) in [5, 5.41) is 5.02. The van der Waals surface area contributed by atoms with E-state index in [1.54, 1.807) is 12.1 Å². The molecule has 0 spiro atoms. The van der Waals surface area contributed by atoms with Crippen LogP contribution in [0.15, 0.2) is 103 Å². The Morgan fingerprint density at radius 2 is 1.63 bits per heavy atom. The molecular weight excluding hydrogens is 577 g/mol. The topological polar surface area (TPSA) is 114 Å². The second-order valence-corrected chi connectivity index (χ2v) is 9.69. The van der Waals surface area contributed by atoms with Crippen molar-refractivity contribution in [3.63, 3.8) is 0 Å². The molecule has 0 radical (unpaired) electrons. The maximum Gasteiger partial charge on any atom is 0.335 e. The summed E-state index contributed by atoms with van der Waals surface area (Å²) in [5.74, 6) is -2.08. The number of urea groups is 1. The average molecular weight is 600 g/mol. The number of barbiturate groups is 1. The van der Waals surface area contributed by atoms with Gasteiger partial charge in [0.25, 0.3) is 17.7 Å². The van der Waals surface area contributed by atoms with E-state index in [1.807, 2.05) is 30.3 Å². The molecule has 1 aliphatic heterocycles. The molecule has 1 aliphatic rings. The van der Waals surface area contributed by atoms with Crippen molar-refractivity contribution >= 4 is 52.8 Å². The van der Waals surface area contributed by atoms with Crippen LogP contribution in [0.1, 0.15) is 11.1 Å². The van der Waals surface area contributed by atoms with Crippen LogP contribution in [0.5, 0.6) is 11.5 Å². The van der Waals surface area contributed by atoms with Crippen LogP contribution in [0, 0.1) is 5.82 Å². The predicted octanol–water partition coefficient (Wildman–Crippen LogP) is 5.74. The molecule has 43 heavy (non-hydrogen) atoms. The molecule has 0 aliphatic carbocycles. The normalized spacial score (nSPS) is 14.0. The molecule has 1 heterocycles. The molecule has 4 aromatic rings. The minimum absolute atomic E-state index is 0.148. The fourth-order valence-corrected chi connectivity index (χ4v) is 4.30. The van der Waals surface area contributed by atoms with Gasteiger partial charge < -0.3 is 14.8 Å². The number of benzene rings is 4. The van der Waals surface area contributed by atoms with Gasteiger partial charge in [0.2, 0.25) is 0 Å². The molecule has 9 nitrogen and oxygen atoms in total. The lowest BCUT2D eigenvalue weighted by Gasteiger charge is -2.26. The maximum absolute atomic E-state index is 13.4. The van der Waals surface area contributed by atoms with Gasteiger partial charge in [0.15, 0.2) is 6.61 Å². The monoisotopic (exact) mass is 599 g/mol. The van der Waals surface area contributed by atoms with Crippen molar-refractivity contribution in [2.45, 2.75) is 6.61 Å². The van der Waals surface area contributed by atoms with E-state index in [1.165, 1.54) is 60.7 Å². The number of nitrogens with one attached hydrogen (secondary N) is 2. The Labute approximate surface area is 250 Å². The van der Waals surface area contributed by atoms with Crippen molar-refractivity contribution in [2.24, 2.45) is 0 Å². The van der Waals surface area contributed by atoms with Gasteiger partial charge in [0, 0.05) is 16.3 Å². The Kier molecular flexibility index (Phi) is 8.78. The van der Waals surface area contributed by atoms with E-state index < -0.39 is 36.2 Å². The number of carbonyl (C=O) groups is 4. The third-order valence-electron chi connectivity index (χ3n) is 6.20. The summed E-state index contributed by atoms with van der Waals surface area (Å²) in [4.78, 5) is 52.0.